The molecular formula is C24H29N5S. The monoisotopic (exact) mass is 419 g/mol. The lowest BCUT2D eigenvalue weighted by molar-refractivity contribution is 0.315. The molecule has 0 bridgehead atoms. The van der Waals surface area contributed by atoms with Gasteiger partial charge in [-0.2, -0.15) is 0 Å². The molecule has 1 aromatic carbocycles. The van der Waals surface area contributed by atoms with Crippen molar-refractivity contribution in [2.45, 2.75) is 32.4 Å². The van der Waals surface area contributed by atoms with Crippen LogP contribution < -0.4 is 10.6 Å². The number of aromatic nitrogens is 2. The molecule has 1 aliphatic rings. The van der Waals surface area contributed by atoms with E-state index < -0.39 is 0 Å². The molecule has 5 nitrogen and oxygen atoms in total. The van der Waals surface area contributed by atoms with Crippen molar-refractivity contribution in [2.24, 2.45) is 7.05 Å². The molecule has 1 aliphatic heterocycles. The second kappa shape index (κ2) is 8.88. The number of nitrogens with zero attached hydrogens (tertiary/aromatic N) is 3. The highest BCUT2D eigenvalue weighted by Gasteiger charge is 2.40. The normalized spacial score (nSPS) is 18.5. The Morgan fingerprint density at radius 1 is 1.10 bits per heavy atom. The second-order valence-electron chi connectivity index (χ2n) is 7.85. The molecule has 3 aromatic rings. The van der Waals surface area contributed by atoms with Gasteiger partial charge in [0.15, 0.2) is 5.11 Å². The summed E-state index contributed by atoms with van der Waals surface area (Å²) < 4.78 is 2.25. The van der Waals surface area contributed by atoms with Crippen LogP contribution in [-0.4, -0.2) is 32.7 Å². The Morgan fingerprint density at radius 2 is 1.87 bits per heavy atom. The van der Waals surface area contributed by atoms with Crippen LogP contribution in [0.4, 0.5) is 5.69 Å². The van der Waals surface area contributed by atoms with Gasteiger partial charge in [0.25, 0.3) is 0 Å². The van der Waals surface area contributed by atoms with Crippen molar-refractivity contribution >= 4 is 23.0 Å². The van der Waals surface area contributed by atoms with Gasteiger partial charge >= 0.3 is 0 Å². The first-order valence-electron chi connectivity index (χ1n) is 10.5. The van der Waals surface area contributed by atoms with Crippen LogP contribution in [0.15, 0.2) is 60.8 Å². The Labute approximate surface area is 184 Å². The maximum absolute atomic E-state index is 5.78. The van der Waals surface area contributed by atoms with E-state index in [1.807, 2.05) is 24.4 Å². The fraction of sp³-hybridized carbons (Fsp3) is 0.333. The van der Waals surface area contributed by atoms with Crippen LogP contribution in [0, 0.1) is 13.8 Å². The quantitative estimate of drug-likeness (QED) is 0.436. The summed E-state index contributed by atoms with van der Waals surface area (Å²) in [5.74, 6) is 0. The van der Waals surface area contributed by atoms with Gasteiger partial charge in [0.05, 0.1) is 17.8 Å². The summed E-state index contributed by atoms with van der Waals surface area (Å²) in [6.45, 7) is 6.12. The summed E-state index contributed by atoms with van der Waals surface area (Å²) in [4.78, 5) is 6.97. The van der Waals surface area contributed by atoms with Crippen molar-refractivity contribution in [2.75, 3.05) is 18.4 Å². The third kappa shape index (κ3) is 4.05. The lowest BCUT2D eigenvalue weighted by Gasteiger charge is -2.28. The molecule has 1 saturated heterocycles. The van der Waals surface area contributed by atoms with Gasteiger partial charge in [-0.1, -0.05) is 24.3 Å². The zero-order valence-corrected chi connectivity index (χ0v) is 18.6. The average Bonchev–Trinajstić information content (AvgIpc) is 3.23. The molecule has 0 amide bonds. The van der Waals surface area contributed by atoms with Crippen LogP contribution in [0.5, 0.6) is 0 Å². The van der Waals surface area contributed by atoms with E-state index in [0.29, 0.717) is 0 Å². The van der Waals surface area contributed by atoms with Gasteiger partial charge in [-0.15, -0.1) is 0 Å². The smallest absolute Gasteiger partial charge is 0.170 e. The number of hydrogen-bond donors (Lipinski definition) is 2. The first-order chi connectivity index (χ1) is 14.6. The maximum Gasteiger partial charge on any atom is 0.170 e. The molecule has 2 aromatic heterocycles. The van der Waals surface area contributed by atoms with E-state index in [2.05, 4.69) is 82.4 Å². The Kier molecular flexibility index (Phi) is 6.04. The molecule has 2 unspecified atom stereocenters. The number of rotatable bonds is 7. The molecule has 4 rings (SSSR count). The lowest BCUT2D eigenvalue weighted by Crippen LogP contribution is -2.31. The van der Waals surface area contributed by atoms with Crippen LogP contribution in [0.25, 0.3) is 0 Å². The van der Waals surface area contributed by atoms with Gasteiger partial charge < -0.3 is 20.1 Å². The summed E-state index contributed by atoms with van der Waals surface area (Å²) in [6, 6.07) is 18.9. The highest BCUT2D eigenvalue weighted by Crippen LogP contribution is 2.40. The number of nitrogens with one attached hydrogen (secondary N) is 2. The van der Waals surface area contributed by atoms with Crippen LogP contribution in [0.3, 0.4) is 0 Å². The molecule has 0 radical (unpaired) electrons. The average molecular weight is 420 g/mol. The molecular weight excluding hydrogens is 390 g/mol. The highest BCUT2D eigenvalue weighted by molar-refractivity contribution is 7.80. The van der Waals surface area contributed by atoms with E-state index in [0.717, 1.165) is 36.0 Å². The molecule has 30 heavy (non-hydrogen) atoms. The molecule has 156 valence electrons. The number of aryl methyl sites for hydroxylation is 1. The van der Waals surface area contributed by atoms with Crippen LogP contribution in [0.1, 0.15) is 41.1 Å². The number of thiocarbonyl (C=S) groups is 1. The van der Waals surface area contributed by atoms with Crippen molar-refractivity contribution < 1.29 is 0 Å². The minimum atomic E-state index is 0.0429. The molecule has 6 heteroatoms. The van der Waals surface area contributed by atoms with E-state index in [1.54, 1.807) is 0 Å². The first-order valence-corrected chi connectivity index (χ1v) is 10.9. The van der Waals surface area contributed by atoms with Crippen molar-refractivity contribution in [3.63, 3.8) is 0 Å². The third-order valence-electron chi connectivity index (χ3n) is 6.01. The summed E-state index contributed by atoms with van der Waals surface area (Å²) >= 11 is 5.78. The van der Waals surface area contributed by atoms with Crippen LogP contribution >= 0.6 is 12.2 Å². The highest BCUT2D eigenvalue weighted by atomic mass is 32.1. The lowest BCUT2D eigenvalue weighted by atomic mass is 9.96. The van der Waals surface area contributed by atoms with Crippen molar-refractivity contribution in [3.8, 4) is 0 Å². The molecule has 0 spiro atoms. The zero-order chi connectivity index (χ0) is 21.1. The van der Waals surface area contributed by atoms with Crippen LogP contribution in [0.2, 0.25) is 0 Å². The zero-order valence-electron chi connectivity index (χ0n) is 17.8. The van der Waals surface area contributed by atoms with Gasteiger partial charge in [0.2, 0.25) is 0 Å². The van der Waals surface area contributed by atoms with Gasteiger partial charge in [0.1, 0.15) is 0 Å². The Morgan fingerprint density at radius 3 is 2.53 bits per heavy atom. The fourth-order valence-corrected chi connectivity index (χ4v) is 4.54. The van der Waals surface area contributed by atoms with E-state index >= 15 is 0 Å². The Balaban J connectivity index is 1.55. The minimum Gasteiger partial charge on any atom is -0.385 e. The maximum atomic E-state index is 5.78. The summed E-state index contributed by atoms with van der Waals surface area (Å²) in [5, 5.41) is 7.85. The molecule has 0 aliphatic carbocycles. The number of hydrogen-bond acceptors (Lipinski definition) is 3. The predicted octanol–water partition coefficient (Wildman–Crippen LogP) is 4.51. The van der Waals surface area contributed by atoms with Crippen molar-refractivity contribution in [1.82, 2.24) is 19.8 Å². The first kappa shape index (κ1) is 20.4. The Hall–Kier alpha value is -2.86. The number of para-hydroxylation sites is 1. The fourth-order valence-electron chi connectivity index (χ4n) is 4.21. The molecule has 2 N–H and O–H groups in total. The van der Waals surface area contributed by atoms with Gasteiger partial charge in [0, 0.05) is 43.4 Å². The largest absolute Gasteiger partial charge is 0.385 e. The number of benzene rings is 1. The summed E-state index contributed by atoms with van der Waals surface area (Å²) in [5.41, 5.74) is 6.02. The summed E-state index contributed by atoms with van der Waals surface area (Å²) in [7, 11) is 2.12. The topological polar surface area (TPSA) is 45.1 Å². The molecule has 3 heterocycles. The van der Waals surface area contributed by atoms with Crippen molar-refractivity contribution in [3.05, 3.63) is 83.4 Å². The standard InChI is InChI=1S/C24H29N5S/c1-17-16-20(18(2)28(17)3)23-22(21-12-7-8-13-26-21)27-24(30)29(23)15-9-14-25-19-10-5-4-6-11-19/h4-8,10-13,16,22-23,25H,9,14-15H2,1-3H3,(H,27,30). The third-order valence-corrected chi connectivity index (χ3v) is 6.36. The van der Waals surface area contributed by atoms with Crippen molar-refractivity contribution in [1.29, 1.82) is 0 Å². The Bertz CT molecular complexity index is 999. The van der Waals surface area contributed by atoms with E-state index in [9.17, 15) is 0 Å². The van der Waals surface area contributed by atoms with Gasteiger partial charge in [-0.3, -0.25) is 4.98 Å². The number of pyridine rings is 1. The van der Waals surface area contributed by atoms with Gasteiger partial charge in [-0.25, -0.2) is 0 Å². The molecule has 0 saturated carbocycles. The summed E-state index contributed by atoms with van der Waals surface area (Å²) in [6.07, 6.45) is 2.85. The SMILES string of the molecule is Cc1cc(C2C(c3ccccn3)NC(=S)N2CCCNc2ccccc2)c(C)n1C. The van der Waals surface area contributed by atoms with Gasteiger partial charge in [-0.05, 0) is 68.4 Å². The molecule has 1 fully saturated rings. The van der Waals surface area contributed by atoms with E-state index in [4.69, 9.17) is 12.2 Å². The molecule has 2 atom stereocenters. The van der Waals surface area contributed by atoms with Crippen LogP contribution in [-0.2, 0) is 7.05 Å². The minimum absolute atomic E-state index is 0.0429. The second-order valence-corrected chi connectivity index (χ2v) is 8.24. The van der Waals surface area contributed by atoms with E-state index in [-0.39, 0.29) is 12.1 Å². The number of anilines is 1. The van der Waals surface area contributed by atoms with E-state index in [1.165, 1.54) is 17.0 Å². The predicted molar refractivity (Wildman–Crippen MR) is 127 cm³/mol.